The highest BCUT2D eigenvalue weighted by molar-refractivity contribution is 6.03. The summed E-state index contributed by atoms with van der Waals surface area (Å²) in [6.45, 7) is 2.41. The lowest BCUT2D eigenvalue weighted by Gasteiger charge is -2.38. The lowest BCUT2D eigenvalue weighted by molar-refractivity contribution is -0.143. The molecule has 0 unspecified atom stereocenters. The van der Waals surface area contributed by atoms with Crippen LogP contribution in [0.25, 0.3) is 10.9 Å². The summed E-state index contributed by atoms with van der Waals surface area (Å²) in [4.78, 5) is 46.3. The molecular weight excluding hydrogens is 426 g/mol. The number of piperazine rings is 1. The van der Waals surface area contributed by atoms with Crippen molar-refractivity contribution >= 4 is 40.3 Å². The fraction of sp³-hybridized carbons (Fsp3) is 0.217. The zero-order valence-electron chi connectivity index (χ0n) is 17.6. The van der Waals surface area contributed by atoms with Crippen molar-refractivity contribution in [3.63, 3.8) is 0 Å². The van der Waals surface area contributed by atoms with Gasteiger partial charge in [0.2, 0.25) is 5.91 Å². The van der Waals surface area contributed by atoms with Crippen molar-refractivity contribution in [3.8, 4) is 0 Å². The van der Waals surface area contributed by atoms with Crippen LogP contribution in [-0.2, 0) is 14.4 Å². The molecule has 3 aromatic rings. The van der Waals surface area contributed by atoms with Crippen LogP contribution in [0.2, 0.25) is 0 Å². The Morgan fingerprint density at radius 2 is 1.85 bits per heavy atom. The van der Waals surface area contributed by atoms with E-state index in [1.807, 2.05) is 23.1 Å². The number of aromatic amines is 1. The second-order valence-electron chi connectivity index (χ2n) is 7.62. The van der Waals surface area contributed by atoms with Gasteiger partial charge < -0.3 is 25.4 Å². The van der Waals surface area contributed by atoms with Gasteiger partial charge in [-0.2, -0.15) is 0 Å². The Balaban J connectivity index is 1.55. The molecule has 170 valence electrons. The summed E-state index contributed by atoms with van der Waals surface area (Å²) in [5.74, 6) is -1.90. The number of carboxylic acid groups (broad SMARTS) is 2. The first-order chi connectivity index (χ1) is 15.9. The van der Waals surface area contributed by atoms with Crippen molar-refractivity contribution in [2.45, 2.75) is 6.04 Å². The van der Waals surface area contributed by atoms with Crippen LogP contribution in [0, 0.1) is 0 Å². The third-order valence-electron chi connectivity index (χ3n) is 5.54. The SMILES string of the molecule is O=C(O)/C=C/C(=O)Nc1ccc2[nH]cc([C@@H](C(=O)O)N3CCN(c4ccccn4)CC3)c2c1. The first-order valence-electron chi connectivity index (χ1n) is 10.4. The molecule has 1 atom stereocenters. The molecule has 1 aliphatic heterocycles. The Hall–Kier alpha value is -4.18. The summed E-state index contributed by atoms with van der Waals surface area (Å²) in [6.07, 6.45) is 5.10. The number of hydrogen-bond donors (Lipinski definition) is 4. The summed E-state index contributed by atoms with van der Waals surface area (Å²) < 4.78 is 0. The summed E-state index contributed by atoms with van der Waals surface area (Å²) in [7, 11) is 0. The molecule has 0 bridgehead atoms. The number of aromatic nitrogens is 2. The van der Waals surface area contributed by atoms with Gasteiger partial charge in [-0.25, -0.2) is 9.78 Å². The minimum atomic E-state index is -1.22. The van der Waals surface area contributed by atoms with Gasteiger partial charge in [0.05, 0.1) is 0 Å². The highest BCUT2D eigenvalue weighted by Crippen LogP contribution is 2.31. The first kappa shape index (κ1) is 22.0. The molecule has 33 heavy (non-hydrogen) atoms. The predicted octanol–water partition coefficient (Wildman–Crippen LogP) is 2.09. The largest absolute Gasteiger partial charge is 0.480 e. The van der Waals surface area contributed by atoms with Crippen LogP contribution in [0.4, 0.5) is 11.5 Å². The van der Waals surface area contributed by atoms with Crippen molar-refractivity contribution in [1.29, 1.82) is 0 Å². The van der Waals surface area contributed by atoms with Crippen LogP contribution in [0.15, 0.2) is 60.9 Å². The van der Waals surface area contributed by atoms with Crippen LogP contribution in [0.5, 0.6) is 0 Å². The fourth-order valence-corrected chi connectivity index (χ4v) is 4.01. The Bertz CT molecular complexity index is 1200. The number of carbonyl (C=O) groups is 3. The molecule has 1 saturated heterocycles. The van der Waals surface area contributed by atoms with Crippen molar-refractivity contribution in [2.75, 3.05) is 36.4 Å². The molecule has 1 aromatic carbocycles. The highest BCUT2D eigenvalue weighted by atomic mass is 16.4. The van der Waals surface area contributed by atoms with Crippen LogP contribution in [0.1, 0.15) is 11.6 Å². The van der Waals surface area contributed by atoms with Crippen molar-refractivity contribution in [3.05, 3.63) is 66.5 Å². The second-order valence-corrected chi connectivity index (χ2v) is 7.62. The lowest BCUT2D eigenvalue weighted by Crippen LogP contribution is -2.49. The molecule has 2 aromatic heterocycles. The standard InChI is InChI=1S/C23H23N5O5/c29-20(6-7-21(30)31)26-15-4-5-18-16(13-15)17(14-25-18)22(23(32)33)28-11-9-27(10-12-28)19-3-1-2-8-24-19/h1-8,13-14,22,25H,9-12H2,(H,26,29)(H,30,31)(H,32,33)/b7-6+/t22-/m0/s1. The van der Waals surface area contributed by atoms with Gasteiger partial charge in [-0.15, -0.1) is 0 Å². The number of rotatable bonds is 7. The number of anilines is 2. The molecule has 0 radical (unpaired) electrons. The Morgan fingerprint density at radius 1 is 1.06 bits per heavy atom. The maximum Gasteiger partial charge on any atom is 0.328 e. The number of hydrogen-bond acceptors (Lipinski definition) is 6. The van der Waals surface area contributed by atoms with E-state index in [1.54, 1.807) is 30.6 Å². The van der Waals surface area contributed by atoms with Crippen LogP contribution in [0.3, 0.4) is 0 Å². The van der Waals surface area contributed by atoms with Crippen molar-refractivity contribution < 1.29 is 24.6 Å². The van der Waals surface area contributed by atoms with Gasteiger partial charge in [0, 0.05) is 72.9 Å². The molecule has 3 heterocycles. The molecule has 10 heteroatoms. The van der Waals surface area contributed by atoms with E-state index in [-0.39, 0.29) is 0 Å². The number of H-pyrrole nitrogens is 1. The maximum atomic E-state index is 12.3. The molecule has 4 rings (SSSR count). The van der Waals surface area contributed by atoms with Crippen molar-refractivity contribution in [2.24, 2.45) is 0 Å². The molecule has 0 aliphatic carbocycles. The van der Waals surface area contributed by atoms with Crippen LogP contribution in [-0.4, -0.2) is 69.1 Å². The highest BCUT2D eigenvalue weighted by Gasteiger charge is 2.32. The zero-order valence-corrected chi connectivity index (χ0v) is 17.6. The maximum absolute atomic E-state index is 12.3. The molecule has 4 N–H and O–H groups in total. The van der Waals surface area contributed by atoms with Gasteiger partial charge in [0.25, 0.3) is 0 Å². The topological polar surface area (TPSA) is 139 Å². The third-order valence-corrected chi connectivity index (χ3v) is 5.54. The summed E-state index contributed by atoms with van der Waals surface area (Å²) in [6, 6.07) is 9.95. The second kappa shape index (κ2) is 9.53. The minimum Gasteiger partial charge on any atom is -0.480 e. The number of nitrogens with one attached hydrogen (secondary N) is 2. The van der Waals surface area contributed by atoms with Crippen LogP contribution < -0.4 is 10.2 Å². The van der Waals surface area contributed by atoms with Gasteiger partial charge in [-0.05, 0) is 30.3 Å². The lowest BCUT2D eigenvalue weighted by atomic mass is 10.0. The molecule has 1 aliphatic rings. The van der Waals surface area contributed by atoms with Gasteiger partial charge in [-0.1, -0.05) is 6.07 Å². The Kier molecular flexibility index (Phi) is 6.36. The monoisotopic (exact) mass is 449 g/mol. The van der Waals surface area contributed by atoms with Crippen LogP contribution >= 0.6 is 0 Å². The normalized spacial score (nSPS) is 15.6. The number of carbonyl (C=O) groups excluding carboxylic acids is 1. The molecule has 1 fully saturated rings. The van der Waals surface area contributed by atoms with E-state index in [0.29, 0.717) is 42.8 Å². The van der Waals surface area contributed by atoms with Gasteiger partial charge >= 0.3 is 11.9 Å². The fourth-order valence-electron chi connectivity index (χ4n) is 4.01. The molecule has 0 spiro atoms. The van der Waals surface area contributed by atoms with Gasteiger partial charge in [0.15, 0.2) is 0 Å². The van der Waals surface area contributed by atoms with E-state index in [2.05, 4.69) is 20.2 Å². The van der Waals surface area contributed by atoms with E-state index < -0.39 is 23.9 Å². The Morgan fingerprint density at radius 3 is 2.52 bits per heavy atom. The number of amides is 1. The predicted molar refractivity (Wildman–Crippen MR) is 122 cm³/mol. The first-order valence-corrected chi connectivity index (χ1v) is 10.4. The van der Waals surface area contributed by atoms with E-state index in [4.69, 9.17) is 5.11 Å². The van der Waals surface area contributed by atoms with E-state index in [0.717, 1.165) is 23.5 Å². The van der Waals surface area contributed by atoms with E-state index >= 15 is 0 Å². The number of pyridine rings is 1. The summed E-state index contributed by atoms with van der Waals surface area (Å²) >= 11 is 0. The number of benzene rings is 1. The minimum absolute atomic E-state index is 0.437. The number of nitrogens with zero attached hydrogens (tertiary/aromatic N) is 3. The zero-order chi connectivity index (χ0) is 23.4. The Labute approximate surface area is 189 Å². The van der Waals surface area contributed by atoms with E-state index in [9.17, 15) is 19.5 Å². The number of aliphatic carboxylic acids is 2. The summed E-state index contributed by atoms with van der Waals surface area (Å²) in [5, 5.41) is 22.0. The molecule has 0 saturated carbocycles. The average molecular weight is 449 g/mol. The van der Waals surface area contributed by atoms with E-state index in [1.165, 1.54) is 0 Å². The summed E-state index contributed by atoms with van der Waals surface area (Å²) in [5.41, 5.74) is 1.77. The third kappa shape index (κ3) is 5.01. The molecular formula is C23H23N5O5. The van der Waals surface area contributed by atoms with Gasteiger partial charge in [0.1, 0.15) is 11.9 Å². The molecule has 1 amide bonds. The average Bonchev–Trinajstić information content (AvgIpc) is 3.21. The number of carboxylic acids is 2. The quantitative estimate of drug-likeness (QED) is 0.402. The smallest absolute Gasteiger partial charge is 0.328 e. The molecule has 10 nitrogen and oxygen atoms in total. The number of fused-ring (bicyclic) bond motifs is 1. The van der Waals surface area contributed by atoms with Crippen molar-refractivity contribution in [1.82, 2.24) is 14.9 Å². The van der Waals surface area contributed by atoms with Gasteiger partial charge in [-0.3, -0.25) is 14.5 Å².